The predicted molar refractivity (Wildman–Crippen MR) is 139 cm³/mol. The predicted octanol–water partition coefficient (Wildman–Crippen LogP) is 5.64. The van der Waals surface area contributed by atoms with Crippen LogP contribution in [0.3, 0.4) is 0 Å². The molecule has 2 aliphatic rings. The van der Waals surface area contributed by atoms with Gasteiger partial charge in [0, 0.05) is 24.7 Å². The van der Waals surface area contributed by atoms with Crippen molar-refractivity contribution in [3.63, 3.8) is 0 Å². The fraction of sp³-hybridized carbons (Fsp3) is 0.269. The van der Waals surface area contributed by atoms with Gasteiger partial charge in [-0.25, -0.2) is 9.97 Å². The average Bonchev–Trinajstić information content (AvgIpc) is 3.38. The summed E-state index contributed by atoms with van der Waals surface area (Å²) in [5, 5.41) is 1.61. The number of aromatic nitrogens is 3. The Labute approximate surface area is 212 Å². The molecule has 8 heteroatoms. The Balaban J connectivity index is 1.20. The minimum Gasteiger partial charge on any atom is -0.341 e. The lowest BCUT2D eigenvalue weighted by atomic mass is 9.73. The molecular formula is C26H21Cl2N5S. The second kappa shape index (κ2) is 8.51. The van der Waals surface area contributed by atoms with E-state index in [2.05, 4.69) is 51.0 Å². The van der Waals surface area contributed by atoms with Crippen molar-refractivity contribution in [3.05, 3.63) is 80.4 Å². The zero-order chi connectivity index (χ0) is 23.3. The van der Waals surface area contributed by atoms with Crippen LogP contribution in [-0.2, 0) is 6.42 Å². The van der Waals surface area contributed by atoms with Gasteiger partial charge in [0.15, 0.2) is 10.7 Å². The van der Waals surface area contributed by atoms with Gasteiger partial charge in [-0.2, -0.15) is 4.98 Å². The van der Waals surface area contributed by atoms with Gasteiger partial charge in [0.25, 0.3) is 0 Å². The van der Waals surface area contributed by atoms with Gasteiger partial charge in [-0.3, -0.25) is 0 Å². The fourth-order valence-corrected chi connectivity index (χ4v) is 6.19. The average molecular weight is 506 g/mol. The van der Waals surface area contributed by atoms with Crippen LogP contribution in [0.2, 0.25) is 10.0 Å². The lowest BCUT2D eigenvalue weighted by Crippen LogP contribution is -2.44. The fourth-order valence-electron chi connectivity index (χ4n) is 5.11. The smallest absolute Gasteiger partial charge is 0.227 e. The molecule has 2 aromatic carbocycles. The molecule has 2 N–H and O–H groups in total. The first-order valence-corrected chi connectivity index (χ1v) is 12.8. The van der Waals surface area contributed by atoms with Crippen LogP contribution in [0.25, 0.3) is 10.3 Å². The molecule has 1 fully saturated rings. The van der Waals surface area contributed by atoms with E-state index in [-0.39, 0.29) is 11.5 Å². The van der Waals surface area contributed by atoms with Crippen molar-refractivity contribution in [2.45, 2.75) is 25.3 Å². The number of piperidine rings is 1. The lowest BCUT2D eigenvalue weighted by molar-refractivity contribution is 0.187. The van der Waals surface area contributed by atoms with E-state index < -0.39 is 0 Å². The molecule has 170 valence electrons. The molecule has 0 bridgehead atoms. The number of benzene rings is 2. The van der Waals surface area contributed by atoms with Crippen molar-refractivity contribution >= 4 is 50.8 Å². The number of halogens is 2. The van der Waals surface area contributed by atoms with Crippen molar-refractivity contribution in [1.82, 2.24) is 15.0 Å². The molecule has 1 spiro atoms. The van der Waals surface area contributed by atoms with Gasteiger partial charge in [-0.1, -0.05) is 59.5 Å². The van der Waals surface area contributed by atoms with Crippen LogP contribution in [0.1, 0.15) is 40.6 Å². The van der Waals surface area contributed by atoms with E-state index in [1.807, 2.05) is 18.3 Å². The van der Waals surface area contributed by atoms with E-state index in [9.17, 15) is 0 Å². The first-order valence-electron chi connectivity index (χ1n) is 11.2. The summed E-state index contributed by atoms with van der Waals surface area (Å²) < 4.78 is 0.909. The number of thiazole rings is 1. The van der Waals surface area contributed by atoms with Gasteiger partial charge >= 0.3 is 0 Å². The van der Waals surface area contributed by atoms with Crippen molar-refractivity contribution in [2.24, 2.45) is 11.1 Å². The molecule has 6 rings (SSSR count). The minimum atomic E-state index is 0.0990. The number of hydrogen-bond donors (Lipinski definition) is 1. The summed E-state index contributed by atoms with van der Waals surface area (Å²) in [6.07, 6.45) is 4.95. The molecule has 0 saturated carbocycles. The van der Waals surface area contributed by atoms with Gasteiger partial charge in [-0.05, 0) is 53.9 Å². The molecule has 0 unspecified atom stereocenters. The normalized spacial score (nSPS) is 18.7. The monoisotopic (exact) mass is 505 g/mol. The topological polar surface area (TPSA) is 67.9 Å². The second-order valence-electron chi connectivity index (χ2n) is 8.93. The molecular weight excluding hydrogens is 485 g/mol. The Hall–Kier alpha value is -2.69. The molecule has 4 aromatic rings. The van der Waals surface area contributed by atoms with Gasteiger partial charge in [0.1, 0.15) is 0 Å². The lowest BCUT2D eigenvalue weighted by Gasteiger charge is -2.42. The third-order valence-electron chi connectivity index (χ3n) is 7.03. The van der Waals surface area contributed by atoms with Gasteiger partial charge in [-0.15, -0.1) is 11.3 Å². The van der Waals surface area contributed by atoms with Crippen molar-refractivity contribution in [3.8, 4) is 11.8 Å². The van der Waals surface area contributed by atoms with Crippen molar-refractivity contribution in [1.29, 1.82) is 0 Å². The van der Waals surface area contributed by atoms with E-state index in [4.69, 9.17) is 33.9 Å². The van der Waals surface area contributed by atoms with E-state index in [0.29, 0.717) is 32.2 Å². The van der Waals surface area contributed by atoms with Gasteiger partial charge in [0.2, 0.25) is 5.95 Å². The molecule has 34 heavy (non-hydrogen) atoms. The quantitative estimate of drug-likeness (QED) is 0.339. The maximum Gasteiger partial charge on any atom is 0.227 e. The van der Waals surface area contributed by atoms with Crippen molar-refractivity contribution in [2.75, 3.05) is 18.0 Å². The summed E-state index contributed by atoms with van der Waals surface area (Å²) in [6, 6.07) is 14.1. The van der Waals surface area contributed by atoms with Crippen molar-refractivity contribution < 1.29 is 0 Å². The number of anilines is 1. The Morgan fingerprint density at radius 2 is 1.85 bits per heavy atom. The first kappa shape index (κ1) is 21.8. The Morgan fingerprint density at radius 3 is 2.68 bits per heavy atom. The Bertz CT molecular complexity index is 1460. The van der Waals surface area contributed by atoms with Crippen LogP contribution in [-0.4, -0.2) is 28.0 Å². The van der Waals surface area contributed by atoms with Crippen LogP contribution in [0.4, 0.5) is 5.95 Å². The van der Waals surface area contributed by atoms with E-state index in [0.717, 1.165) is 37.1 Å². The number of fused-ring (bicyclic) bond motifs is 2. The van der Waals surface area contributed by atoms with Crippen LogP contribution < -0.4 is 10.6 Å². The summed E-state index contributed by atoms with van der Waals surface area (Å²) in [5.41, 5.74) is 10.9. The highest BCUT2D eigenvalue weighted by Crippen LogP contribution is 2.50. The number of hydrogen-bond acceptors (Lipinski definition) is 6. The molecule has 1 aliphatic heterocycles. The molecule has 1 aliphatic carbocycles. The third kappa shape index (κ3) is 3.73. The molecule has 1 atom stereocenters. The highest BCUT2D eigenvalue weighted by atomic mass is 35.5. The molecule has 1 saturated heterocycles. The first-order chi connectivity index (χ1) is 16.5. The van der Waals surface area contributed by atoms with E-state index >= 15 is 0 Å². The minimum absolute atomic E-state index is 0.0990. The number of nitrogens with two attached hydrogens (primary N) is 1. The zero-order valence-electron chi connectivity index (χ0n) is 18.3. The summed E-state index contributed by atoms with van der Waals surface area (Å²) in [5.74, 6) is 6.86. The van der Waals surface area contributed by atoms with E-state index in [1.165, 1.54) is 22.5 Å². The highest BCUT2D eigenvalue weighted by Gasteiger charge is 2.46. The van der Waals surface area contributed by atoms with Crippen LogP contribution in [0.5, 0.6) is 0 Å². The summed E-state index contributed by atoms with van der Waals surface area (Å²) in [6.45, 7) is 1.77. The Morgan fingerprint density at radius 1 is 1.03 bits per heavy atom. The van der Waals surface area contributed by atoms with Crippen LogP contribution in [0.15, 0.2) is 48.7 Å². The van der Waals surface area contributed by atoms with E-state index in [1.54, 1.807) is 6.07 Å². The second-order valence-corrected chi connectivity index (χ2v) is 10.7. The van der Waals surface area contributed by atoms with Gasteiger partial charge < -0.3 is 10.6 Å². The zero-order valence-corrected chi connectivity index (χ0v) is 20.6. The molecule has 5 nitrogen and oxygen atoms in total. The van der Waals surface area contributed by atoms with Crippen LogP contribution >= 0.6 is 34.5 Å². The van der Waals surface area contributed by atoms with Gasteiger partial charge in [0.05, 0.1) is 20.9 Å². The maximum absolute atomic E-state index is 6.72. The molecule has 2 aromatic heterocycles. The molecule has 0 amide bonds. The molecule has 0 radical (unpaired) electrons. The Kier molecular flexibility index (Phi) is 5.46. The SMILES string of the molecule is N[C@@H]1c2ccccc2CC12CCN(c1ncc3sc(C#Cc4cccc(Cl)c4Cl)nc3n1)CC2. The summed E-state index contributed by atoms with van der Waals surface area (Å²) >= 11 is 13.8. The van der Waals surface area contributed by atoms with Crippen LogP contribution in [0, 0.1) is 17.3 Å². The summed E-state index contributed by atoms with van der Waals surface area (Å²) in [4.78, 5) is 16.2. The third-order valence-corrected chi connectivity index (χ3v) is 8.74. The molecule has 3 heterocycles. The standard InChI is InChI=1S/C26H21Cl2N5S/c27-19-7-3-5-16(22(19)28)8-9-21-31-24-20(34-21)15-30-25(32-24)33-12-10-26(11-13-33)14-17-4-1-2-6-18(17)23(26)29/h1-7,15,23H,10-14,29H2/t23-/m1/s1. The summed E-state index contributed by atoms with van der Waals surface area (Å²) in [7, 11) is 0. The largest absolute Gasteiger partial charge is 0.341 e. The number of nitrogens with zero attached hydrogens (tertiary/aromatic N) is 4. The number of rotatable bonds is 1. The maximum atomic E-state index is 6.72. The highest BCUT2D eigenvalue weighted by molar-refractivity contribution is 7.19.